The van der Waals surface area contributed by atoms with Crippen molar-refractivity contribution in [1.82, 2.24) is 0 Å². The van der Waals surface area contributed by atoms with Gasteiger partial charge in [0.15, 0.2) is 0 Å². The molecule has 0 saturated carbocycles. The molecule has 0 radical (unpaired) electrons. The Labute approximate surface area is 442 Å². The van der Waals surface area contributed by atoms with Crippen molar-refractivity contribution in [3.63, 3.8) is 0 Å². The molecule has 2 unspecified atom stereocenters. The van der Waals surface area contributed by atoms with E-state index in [1.165, 1.54) is 0 Å². The number of hydrogen-bond donors (Lipinski definition) is 0. The van der Waals surface area contributed by atoms with Gasteiger partial charge in [0.2, 0.25) is 0 Å². The summed E-state index contributed by atoms with van der Waals surface area (Å²) in [5.41, 5.74) is -0.737. The molecule has 2 rings (SSSR count). The molecule has 68 heavy (non-hydrogen) atoms. The van der Waals surface area contributed by atoms with Crippen LogP contribution in [0.3, 0.4) is 0 Å². The molecule has 0 aromatic heterocycles. The molecule has 2 atom stereocenters. The van der Waals surface area contributed by atoms with E-state index in [1.54, 1.807) is 0 Å². The number of rotatable bonds is 21. The van der Waals surface area contributed by atoms with Gasteiger partial charge in [0.1, 0.15) is 11.5 Å². The van der Waals surface area contributed by atoms with Crippen LogP contribution in [0.15, 0.2) is 48.5 Å². The molecule has 0 saturated heterocycles. The molecular formula is C30H14F26K2O10. The van der Waals surface area contributed by atoms with E-state index in [0.717, 1.165) is 0 Å². The fraction of sp³-hybridized carbons (Fsp3) is 0.467. The number of halogens is 26. The van der Waals surface area contributed by atoms with Crippen molar-refractivity contribution < 1.29 is 264 Å². The predicted octanol–water partition coefficient (Wildman–Crippen LogP) is 4.73. The number of ether oxygens (including phenoxy) is 8. The minimum absolute atomic E-state index is 0. The summed E-state index contributed by atoms with van der Waals surface area (Å²) in [5.74, 6) is -38.8. The number of carbonyl (C=O) groups is 2. The van der Waals surface area contributed by atoms with Crippen LogP contribution in [0, 0.1) is 12.7 Å². The fourth-order valence-corrected chi connectivity index (χ4v) is 3.82. The molecule has 378 valence electrons. The molecule has 0 spiro atoms. The van der Waals surface area contributed by atoms with Crippen LogP contribution in [-0.2, 0) is 38.0 Å². The van der Waals surface area contributed by atoms with Crippen molar-refractivity contribution in [3.05, 3.63) is 61.2 Å². The summed E-state index contributed by atoms with van der Waals surface area (Å²) in [6, 6.07) is 3.23. The summed E-state index contributed by atoms with van der Waals surface area (Å²) < 4.78 is 379. The zero-order valence-corrected chi connectivity index (χ0v) is 38.8. The third-order valence-corrected chi connectivity index (χ3v) is 7.06. The monoisotopic (exact) mass is 1110 g/mol. The third-order valence-electron chi connectivity index (χ3n) is 7.06. The average molecular weight is 1110 g/mol. The molecule has 0 aliphatic carbocycles. The summed E-state index contributed by atoms with van der Waals surface area (Å²) in [5, 5.41) is 0. The van der Waals surface area contributed by atoms with E-state index < -0.39 is 109 Å². The number of esters is 2. The van der Waals surface area contributed by atoms with Gasteiger partial charge in [-0.25, -0.2) is 9.59 Å². The van der Waals surface area contributed by atoms with E-state index in [4.69, 9.17) is 0 Å². The first-order valence-corrected chi connectivity index (χ1v) is 15.4. The van der Waals surface area contributed by atoms with Crippen LogP contribution in [0.2, 0.25) is 0 Å². The van der Waals surface area contributed by atoms with Crippen LogP contribution in [0.5, 0.6) is 11.5 Å². The molecule has 10 nitrogen and oxygen atoms in total. The van der Waals surface area contributed by atoms with Crippen LogP contribution in [-0.4, -0.2) is 98.7 Å². The topological polar surface area (TPSA) is 108 Å². The Morgan fingerprint density at radius 3 is 0.853 bits per heavy atom. The Morgan fingerprint density at radius 2 is 0.647 bits per heavy atom. The van der Waals surface area contributed by atoms with Gasteiger partial charge in [-0.3, -0.25) is 9.47 Å². The van der Waals surface area contributed by atoms with Crippen molar-refractivity contribution in [2.75, 3.05) is 14.2 Å². The molecule has 0 bridgehead atoms. The van der Waals surface area contributed by atoms with Crippen LogP contribution in [0.1, 0.15) is 0 Å². The van der Waals surface area contributed by atoms with E-state index in [-0.39, 0.29) is 152 Å². The van der Waals surface area contributed by atoms with Crippen molar-refractivity contribution in [2.24, 2.45) is 0 Å². The van der Waals surface area contributed by atoms with Crippen molar-refractivity contribution in [2.45, 2.75) is 72.6 Å². The fourth-order valence-electron chi connectivity index (χ4n) is 3.82. The molecular weight excluding hydrogens is 1090 g/mol. The number of hydrogen-bond acceptors (Lipinski definition) is 10. The van der Waals surface area contributed by atoms with E-state index in [9.17, 15) is 124 Å². The van der Waals surface area contributed by atoms with Crippen molar-refractivity contribution >= 4 is 11.9 Å². The molecule has 0 heterocycles. The maximum absolute atomic E-state index is 14.4. The first kappa shape index (κ1) is 66.3. The van der Waals surface area contributed by atoms with Gasteiger partial charge in [-0.05, 0) is 35.4 Å². The molecule has 0 fully saturated rings. The average Bonchev–Trinajstić information content (AvgIpc) is 3.15. The van der Waals surface area contributed by atoms with Crippen LogP contribution in [0.4, 0.5) is 114 Å². The number of carbonyl (C=O) groups excluding carboxylic acids is 2. The van der Waals surface area contributed by atoms with Gasteiger partial charge < -0.3 is 37.2 Å². The quantitative estimate of drug-likeness (QED) is 0.0755. The normalized spacial score (nSPS) is 15.7. The largest absolute Gasteiger partial charge is 1.00 e. The number of methoxy groups -OCH3 is 2. The Balaban J connectivity index is 0.0000224. The van der Waals surface area contributed by atoms with E-state index in [2.05, 4.69) is 28.4 Å². The maximum Gasteiger partial charge on any atom is 1.00 e. The van der Waals surface area contributed by atoms with Gasteiger partial charge in [-0.1, -0.05) is 24.3 Å². The summed E-state index contributed by atoms with van der Waals surface area (Å²) >= 11 is 0. The number of benzene rings is 2. The van der Waals surface area contributed by atoms with Crippen molar-refractivity contribution in [1.29, 1.82) is 0 Å². The molecule has 0 aliphatic rings. The van der Waals surface area contributed by atoms with Gasteiger partial charge in [-0.2, -0.15) is 105 Å². The molecule has 0 N–H and O–H groups in total. The summed E-state index contributed by atoms with van der Waals surface area (Å²) in [7, 11) is -0.236. The first-order chi connectivity index (χ1) is 29.3. The van der Waals surface area contributed by atoms with E-state index >= 15 is 0 Å². The van der Waals surface area contributed by atoms with Crippen LogP contribution >= 0.6 is 0 Å². The van der Waals surface area contributed by atoms with Gasteiger partial charge in [0.25, 0.3) is 0 Å². The third kappa shape index (κ3) is 13.9. The van der Waals surface area contributed by atoms with E-state index in [1.807, 2.05) is 9.47 Å². The van der Waals surface area contributed by atoms with Gasteiger partial charge in [0.05, 0.1) is 26.9 Å². The smallest absolute Gasteiger partial charge is 0.464 e. The summed E-state index contributed by atoms with van der Waals surface area (Å²) in [6.07, 6.45) is -65.9. The maximum atomic E-state index is 14.4. The summed E-state index contributed by atoms with van der Waals surface area (Å²) in [4.78, 5) is 21.6. The molecule has 2 aromatic rings. The minimum atomic E-state index is -7.71. The first-order valence-electron chi connectivity index (χ1n) is 15.4. The van der Waals surface area contributed by atoms with Gasteiger partial charge in [-0.15, -0.1) is 0 Å². The Hall–Kier alpha value is -1.73. The van der Waals surface area contributed by atoms with Gasteiger partial charge in [0, 0.05) is 0 Å². The minimum Gasteiger partial charge on any atom is -0.464 e. The van der Waals surface area contributed by atoms with Crippen LogP contribution < -0.4 is 112 Å². The Kier molecular flexibility index (Phi) is 21.6. The zero-order valence-electron chi connectivity index (χ0n) is 32.5. The van der Waals surface area contributed by atoms with Crippen molar-refractivity contribution in [3.8, 4) is 22.6 Å². The second-order valence-corrected chi connectivity index (χ2v) is 11.6. The second-order valence-electron chi connectivity index (χ2n) is 11.6. The molecule has 2 aromatic carbocycles. The molecule has 0 aliphatic heterocycles. The summed E-state index contributed by atoms with van der Waals surface area (Å²) in [6.45, 7) is 0. The molecule has 38 heteroatoms. The number of alkyl halides is 24. The predicted molar refractivity (Wildman–Crippen MR) is 150 cm³/mol. The Morgan fingerprint density at radius 1 is 0.412 bits per heavy atom. The Bertz CT molecular complexity index is 1860. The van der Waals surface area contributed by atoms with Crippen LogP contribution in [0.25, 0.3) is 11.1 Å². The van der Waals surface area contributed by atoms with E-state index in [0.29, 0.717) is 24.3 Å². The van der Waals surface area contributed by atoms with Gasteiger partial charge >= 0.3 is 187 Å². The molecule has 0 amide bonds. The SMILES string of the molecule is COC(=O)C(F)(F)C(F)(F)OC(F)(C(F)(F)F)C(F)(F)O[C-](F)C(F)(F)Oc1ccc(-c2ccc(OC(F)(F)[C-](F)OC(F)(F)C(F)(OC(F)(F)C(F)(F)C(=O)OC)C(F)(F)F)cc2)cc1.[K+].[K+]. The zero-order chi connectivity index (χ0) is 51.9. The second kappa shape index (κ2) is 22.2. The standard InChI is InChI=1S/C30H14F26O10.2K/c1-59-17(57)19(33,34)27(49,50)65-23(41,25(43,44)45)29(53,54)63-15(31)21(37,38)61-13-7-3-11(4-8-13)12-5-9-14(10-6-12)62-22(39,40)16(32)64-30(55,56)24(42,26(46,47)48)66-28(51,52)20(35,36)18(58)60-2;;/h3-10H,1-2H3;;/q-2;2*+1.